The number of aromatic nitrogens is 1. The molecule has 0 aromatic carbocycles. The summed E-state index contributed by atoms with van der Waals surface area (Å²) in [7, 11) is 1.68. The smallest absolute Gasteiger partial charge is 0.239 e. The van der Waals surface area contributed by atoms with Crippen LogP contribution in [-0.2, 0) is 11.3 Å². The summed E-state index contributed by atoms with van der Waals surface area (Å²) in [4.78, 5) is 20.4. The number of rotatable bonds is 6. The molecule has 7 nitrogen and oxygen atoms in total. The van der Waals surface area contributed by atoms with Gasteiger partial charge in [-0.05, 0) is 52.5 Å². The number of amides is 1. The van der Waals surface area contributed by atoms with Gasteiger partial charge < -0.3 is 20.7 Å². The van der Waals surface area contributed by atoms with Crippen molar-refractivity contribution in [1.29, 1.82) is 0 Å². The Morgan fingerprint density at radius 1 is 1.31 bits per heavy atom. The van der Waals surface area contributed by atoms with Crippen molar-refractivity contribution in [2.75, 3.05) is 13.6 Å². The number of aliphatic imine (C=N–C) groups is 1. The highest BCUT2D eigenvalue weighted by molar-refractivity contribution is 5.86. The van der Waals surface area contributed by atoms with Crippen molar-refractivity contribution in [2.45, 2.75) is 64.6 Å². The lowest BCUT2D eigenvalue weighted by Crippen LogP contribution is -2.48. The molecule has 1 aromatic rings. The highest BCUT2D eigenvalue weighted by atomic mass is 16.5. The minimum atomic E-state index is -0.252. The van der Waals surface area contributed by atoms with Gasteiger partial charge in [-0.3, -0.25) is 9.79 Å². The van der Waals surface area contributed by atoms with E-state index in [1.54, 1.807) is 13.2 Å². The van der Waals surface area contributed by atoms with E-state index in [1.807, 2.05) is 32.9 Å². The number of ether oxygens (including phenoxy) is 1. The van der Waals surface area contributed by atoms with Gasteiger partial charge in [0.2, 0.25) is 11.8 Å². The average molecular weight is 361 g/mol. The lowest BCUT2D eigenvalue weighted by atomic mass is 10.1. The first kappa shape index (κ1) is 20.0. The van der Waals surface area contributed by atoms with Crippen molar-refractivity contribution in [3.8, 4) is 5.88 Å². The van der Waals surface area contributed by atoms with E-state index in [-0.39, 0.29) is 24.1 Å². The molecule has 0 radical (unpaired) electrons. The minimum absolute atomic E-state index is 0.0768. The third-order valence-electron chi connectivity index (χ3n) is 4.03. The van der Waals surface area contributed by atoms with Crippen LogP contribution in [0.4, 0.5) is 0 Å². The van der Waals surface area contributed by atoms with Crippen LogP contribution in [0.5, 0.6) is 5.88 Å². The molecule has 1 saturated carbocycles. The first-order valence-electron chi connectivity index (χ1n) is 9.23. The molecular weight excluding hydrogens is 330 g/mol. The maximum atomic E-state index is 11.9. The Bertz CT molecular complexity index is 619. The second kappa shape index (κ2) is 9.40. The molecule has 1 amide bonds. The van der Waals surface area contributed by atoms with E-state index in [0.717, 1.165) is 18.4 Å². The van der Waals surface area contributed by atoms with E-state index in [1.165, 1.54) is 12.8 Å². The first-order chi connectivity index (χ1) is 12.4. The fourth-order valence-corrected chi connectivity index (χ4v) is 2.85. The maximum absolute atomic E-state index is 11.9. The van der Waals surface area contributed by atoms with Crippen LogP contribution in [-0.4, -0.2) is 42.1 Å². The molecular formula is C19H31N5O2. The lowest BCUT2D eigenvalue weighted by Gasteiger charge is -2.21. The largest absolute Gasteiger partial charge is 0.474 e. The fourth-order valence-electron chi connectivity index (χ4n) is 2.85. The Balaban J connectivity index is 1.85. The normalized spacial score (nSPS) is 15.6. The van der Waals surface area contributed by atoms with Crippen LogP contribution in [0, 0.1) is 0 Å². The predicted octanol–water partition coefficient (Wildman–Crippen LogP) is 1.98. The Morgan fingerprint density at radius 2 is 2.04 bits per heavy atom. The van der Waals surface area contributed by atoms with Crippen molar-refractivity contribution >= 4 is 11.9 Å². The van der Waals surface area contributed by atoms with Crippen molar-refractivity contribution < 1.29 is 9.53 Å². The van der Waals surface area contributed by atoms with E-state index in [0.29, 0.717) is 18.4 Å². The van der Waals surface area contributed by atoms with E-state index >= 15 is 0 Å². The third-order valence-corrected chi connectivity index (χ3v) is 4.03. The van der Waals surface area contributed by atoms with Gasteiger partial charge in [0.05, 0.1) is 6.54 Å². The SMILES string of the molecule is CN=C(NCC(=O)NC(C)(C)C)NCc1cccnc1OC1CCCC1. The topological polar surface area (TPSA) is 87.6 Å². The molecule has 0 aliphatic heterocycles. The Hall–Kier alpha value is -2.31. The van der Waals surface area contributed by atoms with Crippen LogP contribution >= 0.6 is 0 Å². The van der Waals surface area contributed by atoms with Gasteiger partial charge >= 0.3 is 0 Å². The molecule has 2 rings (SSSR count). The monoisotopic (exact) mass is 361 g/mol. The van der Waals surface area contributed by atoms with Gasteiger partial charge in [0, 0.05) is 30.9 Å². The summed E-state index contributed by atoms with van der Waals surface area (Å²) >= 11 is 0. The molecule has 0 unspecified atom stereocenters. The van der Waals surface area contributed by atoms with Crippen molar-refractivity contribution in [3.63, 3.8) is 0 Å². The molecule has 1 fully saturated rings. The molecule has 3 N–H and O–H groups in total. The number of hydrogen-bond donors (Lipinski definition) is 3. The Labute approximate surface area is 156 Å². The van der Waals surface area contributed by atoms with E-state index in [9.17, 15) is 4.79 Å². The van der Waals surface area contributed by atoms with Crippen molar-refractivity contribution in [1.82, 2.24) is 20.9 Å². The van der Waals surface area contributed by atoms with Crippen LogP contribution in [0.25, 0.3) is 0 Å². The molecule has 1 aromatic heterocycles. The molecule has 0 spiro atoms. The maximum Gasteiger partial charge on any atom is 0.239 e. The molecule has 0 atom stereocenters. The molecule has 26 heavy (non-hydrogen) atoms. The van der Waals surface area contributed by atoms with Crippen molar-refractivity contribution in [3.05, 3.63) is 23.9 Å². The summed E-state index contributed by atoms with van der Waals surface area (Å²) in [6.45, 7) is 6.54. The van der Waals surface area contributed by atoms with Crippen LogP contribution in [0.1, 0.15) is 52.0 Å². The van der Waals surface area contributed by atoms with Crippen molar-refractivity contribution in [2.24, 2.45) is 4.99 Å². The summed E-state index contributed by atoms with van der Waals surface area (Å²) < 4.78 is 6.05. The molecule has 0 bridgehead atoms. The summed E-state index contributed by atoms with van der Waals surface area (Å²) in [6, 6.07) is 3.88. The standard InChI is InChI=1S/C19H31N5O2/c1-19(2,3)24-16(25)13-23-18(20-4)22-12-14-8-7-11-21-17(14)26-15-9-5-6-10-15/h7-8,11,15H,5-6,9-10,12-13H2,1-4H3,(H,24,25)(H2,20,22,23). The van der Waals surface area contributed by atoms with Gasteiger partial charge in [-0.1, -0.05) is 6.07 Å². The van der Waals surface area contributed by atoms with Gasteiger partial charge in [-0.25, -0.2) is 4.98 Å². The highest BCUT2D eigenvalue weighted by Crippen LogP contribution is 2.24. The second-order valence-electron chi connectivity index (χ2n) is 7.57. The van der Waals surface area contributed by atoms with Gasteiger partial charge in [-0.2, -0.15) is 0 Å². The lowest BCUT2D eigenvalue weighted by molar-refractivity contribution is -0.121. The first-order valence-corrected chi connectivity index (χ1v) is 9.23. The van der Waals surface area contributed by atoms with E-state index in [2.05, 4.69) is 25.9 Å². The quantitative estimate of drug-likeness (QED) is 0.533. The number of hydrogen-bond acceptors (Lipinski definition) is 4. The molecule has 0 saturated heterocycles. The number of carbonyl (C=O) groups excluding carboxylic acids is 1. The zero-order valence-corrected chi connectivity index (χ0v) is 16.3. The molecule has 1 aliphatic carbocycles. The van der Waals surface area contributed by atoms with Crippen LogP contribution < -0.4 is 20.7 Å². The summed E-state index contributed by atoms with van der Waals surface area (Å²) in [5.74, 6) is 1.16. The van der Waals surface area contributed by atoms with Crippen LogP contribution in [0.15, 0.2) is 23.3 Å². The fraction of sp³-hybridized carbons (Fsp3) is 0.632. The highest BCUT2D eigenvalue weighted by Gasteiger charge is 2.19. The molecule has 1 aliphatic rings. The number of pyridine rings is 1. The van der Waals surface area contributed by atoms with Crippen LogP contribution in [0.2, 0.25) is 0 Å². The van der Waals surface area contributed by atoms with E-state index in [4.69, 9.17) is 4.74 Å². The third kappa shape index (κ3) is 6.90. The Kier molecular flexibility index (Phi) is 7.24. The van der Waals surface area contributed by atoms with E-state index < -0.39 is 0 Å². The number of nitrogens with one attached hydrogen (secondary N) is 3. The van der Waals surface area contributed by atoms with Gasteiger partial charge in [0.25, 0.3) is 0 Å². The van der Waals surface area contributed by atoms with Gasteiger partial charge in [0.1, 0.15) is 6.10 Å². The molecule has 7 heteroatoms. The van der Waals surface area contributed by atoms with Gasteiger partial charge in [0.15, 0.2) is 5.96 Å². The zero-order valence-electron chi connectivity index (χ0n) is 16.3. The average Bonchev–Trinajstić information content (AvgIpc) is 3.08. The molecule has 1 heterocycles. The molecule has 144 valence electrons. The van der Waals surface area contributed by atoms with Gasteiger partial charge in [-0.15, -0.1) is 0 Å². The summed E-state index contributed by atoms with van der Waals surface area (Å²) in [5, 5.41) is 9.14. The second-order valence-corrected chi connectivity index (χ2v) is 7.57. The van der Waals surface area contributed by atoms with Crippen LogP contribution in [0.3, 0.4) is 0 Å². The summed E-state index contributed by atoms with van der Waals surface area (Å²) in [6.07, 6.45) is 6.64. The predicted molar refractivity (Wildman–Crippen MR) is 103 cm³/mol. The zero-order chi connectivity index (χ0) is 19.0. The minimum Gasteiger partial charge on any atom is -0.474 e. The number of nitrogens with zero attached hydrogens (tertiary/aromatic N) is 2. The Morgan fingerprint density at radius 3 is 2.69 bits per heavy atom. The summed E-state index contributed by atoms with van der Waals surface area (Å²) in [5.41, 5.74) is 0.722. The number of carbonyl (C=O) groups is 1. The number of guanidine groups is 1.